The van der Waals surface area contributed by atoms with Gasteiger partial charge < -0.3 is 15.5 Å². The quantitative estimate of drug-likeness (QED) is 0.774. The molecule has 0 radical (unpaired) electrons. The lowest BCUT2D eigenvalue weighted by molar-refractivity contribution is -0.137. The van der Waals surface area contributed by atoms with Crippen molar-refractivity contribution in [3.8, 4) is 17.0 Å². The number of halogens is 3. The van der Waals surface area contributed by atoms with Crippen molar-refractivity contribution in [3.05, 3.63) is 29.5 Å². The van der Waals surface area contributed by atoms with Crippen molar-refractivity contribution < 1.29 is 23.4 Å². The van der Waals surface area contributed by atoms with Gasteiger partial charge in [0.05, 0.1) is 17.4 Å². The molecular weight excluding hydrogens is 325 g/mol. The second-order valence-corrected chi connectivity index (χ2v) is 5.24. The van der Waals surface area contributed by atoms with E-state index < -0.39 is 23.6 Å². The molecule has 0 aliphatic heterocycles. The molecule has 2 aromatic rings. The van der Waals surface area contributed by atoms with Gasteiger partial charge in [-0.15, -0.1) is 10.2 Å². The Morgan fingerprint density at radius 1 is 1.25 bits per heavy atom. The topological polar surface area (TPSA) is 91.2 Å². The maximum Gasteiger partial charge on any atom is 0.416 e. The van der Waals surface area contributed by atoms with E-state index in [0.29, 0.717) is 18.2 Å². The summed E-state index contributed by atoms with van der Waals surface area (Å²) in [6.07, 6.45) is -4.52. The molecule has 0 saturated heterocycles. The number of anilines is 1. The number of hydrogen-bond donors (Lipinski definition) is 3. The predicted molar refractivity (Wildman–Crippen MR) is 81.5 cm³/mol. The molecule has 0 spiro atoms. The van der Waals surface area contributed by atoms with Crippen molar-refractivity contribution in [2.24, 2.45) is 0 Å². The van der Waals surface area contributed by atoms with Crippen LogP contribution in [0.2, 0.25) is 0 Å². The molecule has 0 saturated carbocycles. The lowest BCUT2D eigenvalue weighted by Gasteiger charge is -2.12. The fraction of sp³-hybridized carbons (Fsp3) is 0.400. The molecule has 1 aromatic carbocycles. The third kappa shape index (κ3) is 4.10. The summed E-state index contributed by atoms with van der Waals surface area (Å²) < 4.78 is 37.9. The standard InChI is InChI=1S/C15H17F3N4O2/c1-3-10(23)7-19-14-20-8(2)13(21-22-14)11-5-4-9(6-12(11)24)15(16,17)18/h4-6,10,23-24H,3,7H2,1-2H3,(H,19,20,22)/t10-/m1/s1. The van der Waals surface area contributed by atoms with Gasteiger partial charge in [-0.1, -0.05) is 6.92 Å². The molecule has 24 heavy (non-hydrogen) atoms. The van der Waals surface area contributed by atoms with Crippen LogP contribution in [0.4, 0.5) is 19.1 Å². The van der Waals surface area contributed by atoms with Crippen molar-refractivity contribution in [3.63, 3.8) is 0 Å². The first kappa shape index (κ1) is 17.9. The van der Waals surface area contributed by atoms with Crippen LogP contribution in [0.1, 0.15) is 24.6 Å². The fourth-order valence-corrected chi connectivity index (χ4v) is 1.99. The number of phenolic OH excluding ortho intramolecular Hbond substituents is 1. The van der Waals surface area contributed by atoms with E-state index in [0.717, 1.165) is 12.1 Å². The largest absolute Gasteiger partial charge is 0.507 e. The second kappa shape index (κ2) is 7.00. The van der Waals surface area contributed by atoms with E-state index in [9.17, 15) is 23.4 Å². The average Bonchev–Trinajstić information content (AvgIpc) is 2.52. The smallest absolute Gasteiger partial charge is 0.416 e. The number of aryl methyl sites for hydroxylation is 1. The third-order valence-corrected chi connectivity index (χ3v) is 3.41. The first-order valence-electron chi connectivity index (χ1n) is 7.26. The highest BCUT2D eigenvalue weighted by Crippen LogP contribution is 2.36. The molecule has 1 aromatic heterocycles. The lowest BCUT2D eigenvalue weighted by Crippen LogP contribution is -2.20. The van der Waals surface area contributed by atoms with Gasteiger partial charge in [-0.05, 0) is 31.5 Å². The molecule has 9 heteroatoms. The zero-order valence-corrected chi connectivity index (χ0v) is 13.1. The number of aromatic nitrogens is 3. The normalized spacial score (nSPS) is 12.9. The Morgan fingerprint density at radius 3 is 2.50 bits per heavy atom. The summed E-state index contributed by atoms with van der Waals surface area (Å²) >= 11 is 0. The minimum absolute atomic E-state index is 0.112. The van der Waals surface area contributed by atoms with Gasteiger partial charge >= 0.3 is 6.18 Å². The van der Waals surface area contributed by atoms with Gasteiger partial charge in [0.15, 0.2) is 0 Å². The minimum Gasteiger partial charge on any atom is -0.507 e. The molecular formula is C15H17F3N4O2. The summed E-state index contributed by atoms with van der Waals surface area (Å²) in [5.41, 5.74) is -0.272. The molecule has 0 aliphatic rings. The monoisotopic (exact) mass is 342 g/mol. The number of aliphatic hydroxyl groups is 1. The number of benzene rings is 1. The molecule has 0 amide bonds. The van der Waals surface area contributed by atoms with Crippen molar-refractivity contribution in [1.82, 2.24) is 15.2 Å². The Hall–Kier alpha value is -2.42. The van der Waals surface area contributed by atoms with Crippen LogP contribution in [0.15, 0.2) is 18.2 Å². The fourth-order valence-electron chi connectivity index (χ4n) is 1.99. The number of hydrogen-bond acceptors (Lipinski definition) is 6. The number of alkyl halides is 3. The van der Waals surface area contributed by atoms with Crippen LogP contribution < -0.4 is 5.32 Å². The number of nitrogens with one attached hydrogen (secondary N) is 1. The number of aromatic hydroxyl groups is 1. The molecule has 3 N–H and O–H groups in total. The number of aliphatic hydroxyl groups excluding tert-OH is 1. The van der Waals surface area contributed by atoms with E-state index >= 15 is 0 Å². The number of phenols is 1. The zero-order chi connectivity index (χ0) is 17.9. The van der Waals surface area contributed by atoms with Gasteiger partial charge in [0, 0.05) is 12.1 Å². The number of rotatable bonds is 5. The Morgan fingerprint density at radius 2 is 1.96 bits per heavy atom. The summed E-state index contributed by atoms with van der Waals surface area (Å²) in [5.74, 6) is -0.360. The van der Waals surface area contributed by atoms with E-state index in [2.05, 4.69) is 20.5 Å². The van der Waals surface area contributed by atoms with Crippen LogP contribution in [-0.4, -0.2) is 38.0 Å². The Bertz CT molecular complexity index is 722. The van der Waals surface area contributed by atoms with E-state index in [1.54, 1.807) is 6.92 Å². The summed E-state index contributed by atoms with van der Waals surface area (Å²) in [7, 11) is 0. The first-order valence-corrected chi connectivity index (χ1v) is 7.26. The average molecular weight is 342 g/mol. The number of nitrogens with zero attached hydrogens (tertiary/aromatic N) is 3. The third-order valence-electron chi connectivity index (χ3n) is 3.41. The highest BCUT2D eigenvalue weighted by atomic mass is 19.4. The molecule has 1 atom stereocenters. The molecule has 0 unspecified atom stereocenters. The maximum absolute atomic E-state index is 12.6. The molecule has 6 nitrogen and oxygen atoms in total. The van der Waals surface area contributed by atoms with Crippen molar-refractivity contribution in [2.45, 2.75) is 32.5 Å². The maximum atomic E-state index is 12.6. The molecule has 1 heterocycles. The summed E-state index contributed by atoms with van der Waals surface area (Å²) in [5, 5.41) is 29.9. The Balaban J connectivity index is 2.27. The van der Waals surface area contributed by atoms with Gasteiger partial charge in [-0.3, -0.25) is 0 Å². The van der Waals surface area contributed by atoms with E-state index in [4.69, 9.17) is 0 Å². The van der Waals surface area contributed by atoms with E-state index in [-0.39, 0.29) is 23.8 Å². The Labute approximate surface area is 136 Å². The van der Waals surface area contributed by atoms with Crippen molar-refractivity contribution >= 4 is 5.95 Å². The van der Waals surface area contributed by atoms with Crippen molar-refractivity contribution in [1.29, 1.82) is 0 Å². The summed E-state index contributed by atoms with van der Waals surface area (Å²) in [6.45, 7) is 3.68. The van der Waals surface area contributed by atoms with Crippen LogP contribution in [0.3, 0.4) is 0 Å². The summed E-state index contributed by atoms with van der Waals surface area (Å²) in [6, 6.07) is 2.63. The van der Waals surface area contributed by atoms with Gasteiger partial charge in [-0.2, -0.15) is 13.2 Å². The highest BCUT2D eigenvalue weighted by Gasteiger charge is 2.31. The second-order valence-electron chi connectivity index (χ2n) is 5.24. The van der Waals surface area contributed by atoms with Crippen LogP contribution in [-0.2, 0) is 6.18 Å². The van der Waals surface area contributed by atoms with Gasteiger partial charge in [0.25, 0.3) is 0 Å². The Kier molecular flexibility index (Phi) is 5.23. The first-order chi connectivity index (χ1) is 11.2. The molecule has 0 aliphatic carbocycles. The molecule has 130 valence electrons. The van der Waals surface area contributed by atoms with Gasteiger partial charge in [-0.25, -0.2) is 4.98 Å². The predicted octanol–water partition coefficient (Wildman–Crippen LogP) is 2.75. The van der Waals surface area contributed by atoms with E-state index in [1.807, 2.05) is 6.92 Å². The van der Waals surface area contributed by atoms with Crippen LogP contribution >= 0.6 is 0 Å². The van der Waals surface area contributed by atoms with Gasteiger partial charge in [0.1, 0.15) is 11.4 Å². The van der Waals surface area contributed by atoms with Crippen LogP contribution in [0.25, 0.3) is 11.3 Å². The molecule has 0 bridgehead atoms. The minimum atomic E-state index is -4.54. The van der Waals surface area contributed by atoms with Crippen molar-refractivity contribution in [2.75, 3.05) is 11.9 Å². The van der Waals surface area contributed by atoms with E-state index in [1.165, 1.54) is 0 Å². The summed E-state index contributed by atoms with van der Waals surface area (Å²) in [4.78, 5) is 4.14. The zero-order valence-electron chi connectivity index (χ0n) is 13.1. The molecule has 0 fully saturated rings. The highest BCUT2D eigenvalue weighted by molar-refractivity contribution is 5.69. The van der Waals surface area contributed by atoms with Crippen LogP contribution in [0.5, 0.6) is 5.75 Å². The molecule has 2 rings (SSSR count). The lowest BCUT2D eigenvalue weighted by atomic mass is 10.1. The van der Waals surface area contributed by atoms with Crippen LogP contribution in [0, 0.1) is 6.92 Å². The van der Waals surface area contributed by atoms with Gasteiger partial charge in [0.2, 0.25) is 5.95 Å². The SMILES string of the molecule is CC[C@@H](O)CNc1nnc(-c2ccc(C(F)(F)F)cc2O)c(C)n1.